The van der Waals surface area contributed by atoms with E-state index in [1.807, 2.05) is 32.0 Å². The maximum Gasteiger partial charge on any atom is 0.154 e. The van der Waals surface area contributed by atoms with Crippen LogP contribution in [0.5, 0.6) is 0 Å². The average molecular weight is 241 g/mol. The highest BCUT2D eigenvalue weighted by Crippen LogP contribution is 2.14. The van der Waals surface area contributed by atoms with Crippen LogP contribution in [0.15, 0.2) is 18.2 Å². The van der Waals surface area contributed by atoms with Crippen molar-refractivity contribution in [2.75, 3.05) is 12.3 Å². The molecule has 0 aromatic heterocycles. The molecule has 0 aliphatic rings. The molecule has 2 N–H and O–H groups in total. The summed E-state index contributed by atoms with van der Waals surface area (Å²) >= 11 is 0. The van der Waals surface area contributed by atoms with Crippen molar-refractivity contribution in [1.29, 1.82) is 0 Å². The number of sulfone groups is 1. The first kappa shape index (κ1) is 13.2. The maximum atomic E-state index is 11.8. The molecule has 0 bridgehead atoms. The van der Waals surface area contributed by atoms with Gasteiger partial charge in [-0.1, -0.05) is 23.8 Å². The van der Waals surface area contributed by atoms with Crippen molar-refractivity contribution < 1.29 is 8.42 Å². The van der Waals surface area contributed by atoms with Crippen LogP contribution in [0, 0.1) is 13.8 Å². The molecule has 0 spiro atoms. The zero-order chi connectivity index (χ0) is 12.2. The van der Waals surface area contributed by atoms with Gasteiger partial charge in [-0.15, -0.1) is 0 Å². The van der Waals surface area contributed by atoms with Gasteiger partial charge in [0.2, 0.25) is 0 Å². The van der Waals surface area contributed by atoms with Gasteiger partial charge in [-0.2, -0.15) is 0 Å². The predicted molar refractivity (Wildman–Crippen MR) is 67.1 cm³/mol. The molecule has 0 unspecified atom stereocenters. The van der Waals surface area contributed by atoms with E-state index in [-0.39, 0.29) is 11.5 Å². The molecule has 0 saturated carbocycles. The van der Waals surface area contributed by atoms with Gasteiger partial charge >= 0.3 is 0 Å². The molecule has 0 aliphatic carbocycles. The topological polar surface area (TPSA) is 60.2 Å². The Bertz CT molecular complexity index is 452. The molecule has 0 atom stereocenters. The Morgan fingerprint density at radius 2 is 1.94 bits per heavy atom. The van der Waals surface area contributed by atoms with Gasteiger partial charge in [0.1, 0.15) is 0 Å². The van der Waals surface area contributed by atoms with Crippen molar-refractivity contribution in [2.24, 2.45) is 5.73 Å². The number of nitrogens with two attached hydrogens (primary N) is 1. The largest absolute Gasteiger partial charge is 0.330 e. The quantitative estimate of drug-likeness (QED) is 0.851. The van der Waals surface area contributed by atoms with E-state index in [1.165, 1.54) is 0 Å². The van der Waals surface area contributed by atoms with Crippen LogP contribution in [0.1, 0.15) is 23.1 Å². The van der Waals surface area contributed by atoms with Crippen molar-refractivity contribution in [1.82, 2.24) is 0 Å². The molecule has 4 heteroatoms. The van der Waals surface area contributed by atoms with E-state index < -0.39 is 9.84 Å². The third-order valence-corrected chi connectivity index (χ3v) is 4.20. The SMILES string of the molecule is Cc1ccc(C)c(CS(=O)(=O)CCCN)c1. The molecule has 16 heavy (non-hydrogen) atoms. The molecule has 0 heterocycles. The van der Waals surface area contributed by atoms with E-state index in [9.17, 15) is 8.42 Å². The summed E-state index contributed by atoms with van der Waals surface area (Å²) in [6, 6.07) is 5.89. The van der Waals surface area contributed by atoms with E-state index in [0.717, 1.165) is 16.7 Å². The third kappa shape index (κ3) is 3.94. The lowest BCUT2D eigenvalue weighted by Crippen LogP contribution is -2.13. The minimum absolute atomic E-state index is 0.126. The summed E-state index contributed by atoms with van der Waals surface area (Å²) in [4.78, 5) is 0. The third-order valence-electron chi connectivity index (χ3n) is 2.54. The van der Waals surface area contributed by atoms with Crippen molar-refractivity contribution in [2.45, 2.75) is 26.0 Å². The molecule has 0 radical (unpaired) electrons. The zero-order valence-corrected chi connectivity index (χ0v) is 10.7. The number of hydrogen-bond acceptors (Lipinski definition) is 3. The van der Waals surface area contributed by atoms with Gasteiger partial charge in [-0.05, 0) is 37.9 Å². The van der Waals surface area contributed by atoms with Crippen LogP contribution in [0.3, 0.4) is 0 Å². The van der Waals surface area contributed by atoms with Crippen LogP contribution >= 0.6 is 0 Å². The van der Waals surface area contributed by atoms with Crippen molar-refractivity contribution in [3.05, 3.63) is 34.9 Å². The lowest BCUT2D eigenvalue weighted by Gasteiger charge is -2.08. The van der Waals surface area contributed by atoms with Crippen LogP contribution in [0.25, 0.3) is 0 Å². The molecule has 1 rings (SSSR count). The molecule has 0 amide bonds. The number of hydrogen-bond donors (Lipinski definition) is 1. The summed E-state index contributed by atoms with van der Waals surface area (Å²) in [5.41, 5.74) is 8.34. The molecule has 0 saturated heterocycles. The van der Waals surface area contributed by atoms with Crippen LogP contribution in [0.2, 0.25) is 0 Å². The Labute approximate surface area is 97.6 Å². The molecule has 1 aromatic carbocycles. The highest BCUT2D eigenvalue weighted by atomic mass is 32.2. The summed E-state index contributed by atoms with van der Waals surface area (Å²) < 4.78 is 23.5. The van der Waals surface area contributed by atoms with Gasteiger partial charge in [-0.3, -0.25) is 0 Å². The average Bonchev–Trinajstić information content (AvgIpc) is 2.20. The molecule has 0 aliphatic heterocycles. The predicted octanol–water partition coefficient (Wildman–Crippen LogP) is 1.57. The fourth-order valence-corrected chi connectivity index (χ4v) is 3.10. The minimum Gasteiger partial charge on any atom is -0.330 e. The van der Waals surface area contributed by atoms with E-state index in [0.29, 0.717) is 13.0 Å². The molecule has 0 fully saturated rings. The van der Waals surface area contributed by atoms with E-state index in [4.69, 9.17) is 5.73 Å². The van der Waals surface area contributed by atoms with Gasteiger partial charge in [0.15, 0.2) is 9.84 Å². The minimum atomic E-state index is -3.02. The standard InChI is InChI=1S/C12H19NO2S/c1-10-4-5-11(2)12(8-10)9-16(14,15)7-3-6-13/h4-5,8H,3,6-7,9,13H2,1-2H3. The summed E-state index contributed by atoms with van der Waals surface area (Å²) in [5, 5.41) is 0. The van der Waals surface area contributed by atoms with Crippen LogP contribution in [0.4, 0.5) is 0 Å². The Hall–Kier alpha value is -0.870. The number of rotatable bonds is 5. The van der Waals surface area contributed by atoms with Gasteiger partial charge in [0.05, 0.1) is 11.5 Å². The molecule has 3 nitrogen and oxygen atoms in total. The highest BCUT2D eigenvalue weighted by Gasteiger charge is 2.12. The monoisotopic (exact) mass is 241 g/mol. The first-order chi connectivity index (χ1) is 7.44. The van der Waals surface area contributed by atoms with Crippen molar-refractivity contribution in [3.63, 3.8) is 0 Å². The lowest BCUT2D eigenvalue weighted by molar-refractivity contribution is 0.592. The maximum absolute atomic E-state index is 11.8. The smallest absolute Gasteiger partial charge is 0.154 e. The van der Waals surface area contributed by atoms with E-state index in [2.05, 4.69) is 0 Å². The summed E-state index contributed by atoms with van der Waals surface area (Å²) in [6.45, 7) is 4.33. The van der Waals surface area contributed by atoms with Gasteiger partial charge in [0, 0.05) is 0 Å². The number of aryl methyl sites for hydroxylation is 2. The van der Waals surface area contributed by atoms with Gasteiger partial charge in [-0.25, -0.2) is 8.42 Å². The first-order valence-electron chi connectivity index (χ1n) is 5.41. The second-order valence-corrected chi connectivity index (χ2v) is 6.35. The van der Waals surface area contributed by atoms with Crippen molar-refractivity contribution >= 4 is 9.84 Å². The second kappa shape index (κ2) is 5.46. The van der Waals surface area contributed by atoms with Crippen LogP contribution in [-0.4, -0.2) is 20.7 Å². The Morgan fingerprint density at radius 3 is 2.56 bits per heavy atom. The van der Waals surface area contributed by atoms with Crippen LogP contribution in [-0.2, 0) is 15.6 Å². The molecular weight excluding hydrogens is 222 g/mol. The highest BCUT2D eigenvalue weighted by molar-refractivity contribution is 7.90. The lowest BCUT2D eigenvalue weighted by atomic mass is 10.1. The van der Waals surface area contributed by atoms with Gasteiger partial charge < -0.3 is 5.73 Å². The second-order valence-electron chi connectivity index (χ2n) is 4.16. The van der Waals surface area contributed by atoms with Crippen molar-refractivity contribution in [3.8, 4) is 0 Å². The fourth-order valence-electron chi connectivity index (χ4n) is 1.57. The summed E-state index contributed by atoms with van der Waals surface area (Å²) in [7, 11) is -3.02. The normalized spacial score (nSPS) is 11.7. The Morgan fingerprint density at radius 1 is 1.25 bits per heavy atom. The van der Waals surface area contributed by atoms with Crippen LogP contribution < -0.4 is 5.73 Å². The molecule has 1 aromatic rings. The number of benzene rings is 1. The zero-order valence-electron chi connectivity index (χ0n) is 9.86. The van der Waals surface area contributed by atoms with E-state index in [1.54, 1.807) is 0 Å². The Balaban J connectivity index is 2.83. The Kier molecular flexibility index (Phi) is 4.50. The van der Waals surface area contributed by atoms with E-state index >= 15 is 0 Å². The summed E-state index contributed by atoms with van der Waals surface area (Å²) in [6.07, 6.45) is 0.535. The molecular formula is C12H19NO2S. The first-order valence-corrected chi connectivity index (χ1v) is 7.23. The fraction of sp³-hybridized carbons (Fsp3) is 0.500. The van der Waals surface area contributed by atoms with Gasteiger partial charge in [0.25, 0.3) is 0 Å². The summed E-state index contributed by atoms with van der Waals surface area (Å²) in [5.74, 6) is 0.303. The molecule has 90 valence electrons.